The van der Waals surface area contributed by atoms with Crippen LogP contribution in [0.1, 0.15) is 59.3 Å². The van der Waals surface area contributed by atoms with Crippen molar-refractivity contribution < 1.29 is 4.74 Å². The average Bonchev–Trinajstić information content (AvgIpc) is 3.16. The van der Waals surface area contributed by atoms with E-state index in [0.29, 0.717) is 24.3 Å². The summed E-state index contributed by atoms with van der Waals surface area (Å²) in [5, 5.41) is 7.07. The van der Waals surface area contributed by atoms with Crippen LogP contribution in [-0.2, 0) is 4.74 Å². The summed E-state index contributed by atoms with van der Waals surface area (Å²) in [6.07, 6.45) is 8.42. The molecule has 2 bridgehead atoms. The van der Waals surface area contributed by atoms with Crippen LogP contribution in [0.5, 0.6) is 0 Å². The lowest BCUT2D eigenvalue weighted by Crippen LogP contribution is -2.48. The molecule has 3 fully saturated rings. The number of nitrogens with zero attached hydrogens (tertiary/aromatic N) is 2. The Labute approximate surface area is 147 Å². The van der Waals surface area contributed by atoms with Crippen LogP contribution in [0, 0.1) is 5.92 Å². The maximum Gasteiger partial charge on any atom is 0.191 e. The lowest BCUT2D eigenvalue weighted by Gasteiger charge is -2.36. The van der Waals surface area contributed by atoms with Gasteiger partial charge in [-0.2, -0.15) is 0 Å². The molecule has 0 aromatic heterocycles. The maximum absolute atomic E-state index is 5.97. The van der Waals surface area contributed by atoms with Gasteiger partial charge in [0, 0.05) is 19.1 Å². The Morgan fingerprint density at radius 2 is 2.12 bits per heavy atom. The van der Waals surface area contributed by atoms with E-state index < -0.39 is 0 Å². The van der Waals surface area contributed by atoms with Crippen molar-refractivity contribution in [3.05, 3.63) is 0 Å². The van der Waals surface area contributed by atoms with Crippen LogP contribution < -0.4 is 10.6 Å². The van der Waals surface area contributed by atoms with Crippen molar-refractivity contribution in [2.24, 2.45) is 10.9 Å². The number of hydrogen-bond donors (Lipinski definition) is 2. The Morgan fingerprint density at radius 3 is 2.79 bits per heavy atom. The molecule has 0 saturated carbocycles. The van der Waals surface area contributed by atoms with Gasteiger partial charge >= 0.3 is 0 Å². The zero-order valence-electron chi connectivity index (χ0n) is 15.8. The third kappa shape index (κ3) is 4.63. The highest BCUT2D eigenvalue weighted by atomic mass is 16.5. The van der Waals surface area contributed by atoms with Crippen molar-refractivity contribution in [1.29, 1.82) is 0 Å². The first kappa shape index (κ1) is 18.0. The topological polar surface area (TPSA) is 48.9 Å². The predicted octanol–water partition coefficient (Wildman–Crippen LogP) is 2.37. The fourth-order valence-electron chi connectivity index (χ4n) is 4.46. The molecule has 0 aromatic rings. The Hall–Kier alpha value is -0.810. The van der Waals surface area contributed by atoms with E-state index in [2.05, 4.69) is 36.3 Å². The highest BCUT2D eigenvalue weighted by molar-refractivity contribution is 5.80. The molecule has 3 aliphatic heterocycles. The van der Waals surface area contributed by atoms with Crippen LogP contribution in [0.3, 0.4) is 0 Å². The number of piperidine rings is 1. The van der Waals surface area contributed by atoms with E-state index >= 15 is 0 Å². The van der Waals surface area contributed by atoms with Crippen LogP contribution >= 0.6 is 0 Å². The largest absolute Gasteiger partial charge is 0.373 e. The fraction of sp³-hybridized carbons (Fsp3) is 0.947. The molecular weight excluding hydrogens is 300 g/mol. The molecule has 0 spiro atoms. The minimum Gasteiger partial charge on any atom is -0.373 e. The summed E-state index contributed by atoms with van der Waals surface area (Å²) >= 11 is 0. The van der Waals surface area contributed by atoms with Crippen molar-refractivity contribution in [3.8, 4) is 0 Å². The third-order valence-corrected chi connectivity index (χ3v) is 5.58. The standard InChI is InChI=1S/C19H36N4O/c1-4-20-19(22-17-11-16-8-9-18(17)24-16)21-12-15-7-5-6-10-23(15)13-14(2)3/h14-18H,4-13H2,1-3H3,(H2,20,21,22). The molecule has 4 unspecified atom stereocenters. The van der Waals surface area contributed by atoms with Gasteiger partial charge in [0.05, 0.1) is 24.8 Å². The molecule has 0 amide bonds. The molecule has 3 rings (SSSR count). The minimum atomic E-state index is 0.394. The van der Waals surface area contributed by atoms with E-state index in [4.69, 9.17) is 9.73 Å². The third-order valence-electron chi connectivity index (χ3n) is 5.58. The monoisotopic (exact) mass is 336 g/mol. The van der Waals surface area contributed by atoms with E-state index in [1.165, 1.54) is 45.2 Å². The highest BCUT2D eigenvalue weighted by Crippen LogP contribution is 2.34. The summed E-state index contributed by atoms with van der Waals surface area (Å²) < 4.78 is 5.97. The van der Waals surface area contributed by atoms with Crippen molar-refractivity contribution in [3.63, 3.8) is 0 Å². The van der Waals surface area contributed by atoms with E-state index in [9.17, 15) is 0 Å². The first-order valence-electron chi connectivity index (χ1n) is 10.1. The molecule has 138 valence electrons. The van der Waals surface area contributed by atoms with Gasteiger partial charge in [-0.3, -0.25) is 9.89 Å². The molecule has 5 nitrogen and oxygen atoms in total. The zero-order chi connectivity index (χ0) is 16.9. The van der Waals surface area contributed by atoms with Gasteiger partial charge in [-0.25, -0.2) is 0 Å². The first-order chi connectivity index (χ1) is 11.7. The smallest absolute Gasteiger partial charge is 0.191 e. The summed E-state index contributed by atoms with van der Waals surface area (Å²) in [5.74, 6) is 1.71. The lowest BCUT2D eigenvalue weighted by molar-refractivity contribution is 0.0992. The lowest BCUT2D eigenvalue weighted by atomic mass is 9.96. The van der Waals surface area contributed by atoms with Crippen LogP contribution in [0.25, 0.3) is 0 Å². The quantitative estimate of drug-likeness (QED) is 0.577. The normalized spacial score (nSPS) is 34.1. The molecule has 3 heterocycles. The molecule has 2 N–H and O–H groups in total. The average molecular weight is 337 g/mol. The molecule has 3 saturated heterocycles. The Bertz CT molecular complexity index is 426. The summed E-state index contributed by atoms with van der Waals surface area (Å²) in [7, 11) is 0. The second kappa shape index (κ2) is 8.52. The summed E-state index contributed by atoms with van der Waals surface area (Å²) in [6, 6.07) is 1.05. The van der Waals surface area contributed by atoms with Crippen LogP contribution in [0.15, 0.2) is 4.99 Å². The van der Waals surface area contributed by atoms with Gasteiger partial charge in [-0.15, -0.1) is 0 Å². The molecule has 0 radical (unpaired) electrons. The number of rotatable bonds is 6. The second-order valence-corrected chi connectivity index (χ2v) is 8.12. The number of likely N-dealkylation sites (tertiary alicyclic amines) is 1. The van der Waals surface area contributed by atoms with Gasteiger partial charge in [-0.1, -0.05) is 20.3 Å². The van der Waals surface area contributed by atoms with Crippen molar-refractivity contribution in [2.75, 3.05) is 26.2 Å². The Morgan fingerprint density at radius 1 is 1.25 bits per heavy atom. The number of aliphatic imine (C=N–C) groups is 1. The van der Waals surface area contributed by atoms with E-state index in [1.807, 2.05) is 0 Å². The van der Waals surface area contributed by atoms with Crippen molar-refractivity contribution >= 4 is 5.96 Å². The van der Waals surface area contributed by atoms with E-state index in [0.717, 1.165) is 31.4 Å². The van der Waals surface area contributed by atoms with Crippen molar-refractivity contribution in [1.82, 2.24) is 15.5 Å². The minimum absolute atomic E-state index is 0.394. The molecule has 3 aliphatic rings. The van der Waals surface area contributed by atoms with Gasteiger partial charge < -0.3 is 15.4 Å². The maximum atomic E-state index is 5.97. The number of ether oxygens (including phenoxy) is 1. The van der Waals surface area contributed by atoms with E-state index in [-0.39, 0.29) is 0 Å². The molecule has 0 aliphatic carbocycles. The number of guanidine groups is 1. The number of fused-ring (bicyclic) bond motifs is 2. The van der Waals surface area contributed by atoms with Crippen LogP contribution in [0.4, 0.5) is 0 Å². The van der Waals surface area contributed by atoms with Gasteiger partial charge in [0.2, 0.25) is 0 Å². The molecule has 4 atom stereocenters. The van der Waals surface area contributed by atoms with Gasteiger partial charge in [0.15, 0.2) is 5.96 Å². The fourth-order valence-corrected chi connectivity index (χ4v) is 4.46. The molecular formula is C19H36N4O. The Kier molecular flexibility index (Phi) is 6.39. The molecule has 5 heteroatoms. The molecule has 0 aromatic carbocycles. The van der Waals surface area contributed by atoms with Gasteiger partial charge in [0.1, 0.15) is 0 Å². The number of hydrogen-bond acceptors (Lipinski definition) is 3. The summed E-state index contributed by atoms with van der Waals surface area (Å²) in [4.78, 5) is 7.59. The van der Waals surface area contributed by atoms with E-state index in [1.54, 1.807) is 0 Å². The summed E-state index contributed by atoms with van der Waals surface area (Å²) in [5.41, 5.74) is 0. The zero-order valence-corrected chi connectivity index (χ0v) is 15.8. The highest BCUT2D eigenvalue weighted by Gasteiger charge is 2.41. The second-order valence-electron chi connectivity index (χ2n) is 8.12. The molecule has 24 heavy (non-hydrogen) atoms. The number of nitrogens with one attached hydrogen (secondary N) is 2. The van der Waals surface area contributed by atoms with Gasteiger partial charge in [0.25, 0.3) is 0 Å². The van der Waals surface area contributed by atoms with Crippen LogP contribution in [-0.4, -0.2) is 61.3 Å². The summed E-state index contributed by atoms with van der Waals surface area (Å²) in [6.45, 7) is 11.0. The van der Waals surface area contributed by atoms with Gasteiger partial charge in [-0.05, 0) is 51.5 Å². The van der Waals surface area contributed by atoms with Crippen molar-refractivity contribution in [2.45, 2.75) is 83.6 Å². The predicted molar refractivity (Wildman–Crippen MR) is 99.5 cm³/mol. The van der Waals surface area contributed by atoms with Crippen LogP contribution in [0.2, 0.25) is 0 Å². The Balaban J connectivity index is 1.55. The first-order valence-corrected chi connectivity index (χ1v) is 10.1. The SMILES string of the molecule is CCNC(=NCC1CCCCN1CC(C)C)NC1CC2CCC1O2.